The Hall–Kier alpha value is -3.61. The molecule has 0 aliphatic heterocycles. The summed E-state index contributed by atoms with van der Waals surface area (Å²) in [5.74, 6) is -2.67. The number of thiazole rings is 1. The predicted octanol–water partition coefficient (Wildman–Crippen LogP) is 4.65. The van der Waals surface area contributed by atoms with E-state index in [-0.39, 0.29) is 21.5 Å². The summed E-state index contributed by atoms with van der Waals surface area (Å²) in [4.78, 5) is 32.3. The highest BCUT2D eigenvalue weighted by atomic mass is 32.1. The first-order chi connectivity index (χ1) is 15.0. The summed E-state index contributed by atoms with van der Waals surface area (Å²) in [7, 11) is 0. The van der Waals surface area contributed by atoms with Gasteiger partial charge in [-0.2, -0.15) is 13.2 Å². The van der Waals surface area contributed by atoms with Gasteiger partial charge in [0.2, 0.25) is 6.17 Å². The van der Waals surface area contributed by atoms with Gasteiger partial charge in [0.15, 0.2) is 5.13 Å². The van der Waals surface area contributed by atoms with Crippen molar-refractivity contribution in [2.45, 2.75) is 19.3 Å². The topological polar surface area (TPSA) is 110 Å². The monoisotopic (exact) mass is 471 g/mol. The van der Waals surface area contributed by atoms with Crippen molar-refractivity contribution in [1.29, 1.82) is 0 Å². The average Bonchev–Trinajstić information content (AvgIpc) is 3.15. The second kappa shape index (κ2) is 8.86. The number of nitrogen functional groups attached to an aromatic ring is 1. The van der Waals surface area contributed by atoms with Gasteiger partial charge in [-0.25, -0.2) is 18.7 Å². The van der Waals surface area contributed by atoms with Crippen molar-refractivity contribution >= 4 is 39.8 Å². The summed E-state index contributed by atoms with van der Waals surface area (Å²) in [6.07, 6.45) is -6.44. The Morgan fingerprint density at radius 3 is 2.38 bits per heavy atom. The first-order valence-electron chi connectivity index (χ1n) is 8.76. The lowest BCUT2D eigenvalue weighted by Gasteiger charge is -2.13. The Morgan fingerprint density at radius 1 is 1.09 bits per heavy atom. The summed E-state index contributed by atoms with van der Waals surface area (Å²) in [5, 5.41) is 4.91. The largest absolute Gasteiger partial charge is 0.423 e. The molecule has 2 heterocycles. The minimum Gasteiger partial charge on any atom is -0.375 e. The zero-order chi connectivity index (χ0) is 23.6. The molecule has 2 amide bonds. The quantitative estimate of drug-likeness (QED) is 0.470. The van der Waals surface area contributed by atoms with Gasteiger partial charge in [0.25, 0.3) is 11.8 Å². The first kappa shape index (κ1) is 23.1. The van der Waals surface area contributed by atoms with Crippen LogP contribution in [0.4, 0.5) is 38.6 Å². The minimum absolute atomic E-state index is 0.141. The van der Waals surface area contributed by atoms with Crippen molar-refractivity contribution in [2.24, 2.45) is 0 Å². The van der Waals surface area contributed by atoms with Crippen molar-refractivity contribution in [3.05, 3.63) is 64.0 Å². The molecule has 0 radical (unpaired) electrons. The molecule has 4 N–H and O–H groups in total. The Bertz CT molecular complexity index is 1160. The number of carbonyl (C=O) groups excluding carboxylic acids is 2. The van der Waals surface area contributed by atoms with Gasteiger partial charge in [-0.1, -0.05) is 17.4 Å². The van der Waals surface area contributed by atoms with E-state index in [1.54, 1.807) is 0 Å². The summed E-state index contributed by atoms with van der Waals surface area (Å²) >= 11 is 0.937. The van der Waals surface area contributed by atoms with E-state index in [4.69, 9.17) is 5.73 Å². The van der Waals surface area contributed by atoms with Crippen LogP contribution >= 0.6 is 11.3 Å². The van der Waals surface area contributed by atoms with Crippen molar-refractivity contribution in [1.82, 2.24) is 9.97 Å². The third-order valence-electron chi connectivity index (χ3n) is 4.16. The normalized spacial score (nSPS) is 12.3. The van der Waals surface area contributed by atoms with E-state index in [0.29, 0.717) is 11.8 Å². The molecule has 0 spiro atoms. The molecular weight excluding hydrogens is 457 g/mol. The lowest BCUT2D eigenvalue weighted by atomic mass is 10.1. The maximum absolute atomic E-state index is 14.4. The van der Waals surface area contributed by atoms with E-state index in [1.807, 2.05) is 0 Å². The van der Waals surface area contributed by atoms with E-state index in [2.05, 4.69) is 20.6 Å². The van der Waals surface area contributed by atoms with Crippen LogP contribution in [0.1, 0.15) is 37.3 Å². The van der Waals surface area contributed by atoms with Gasteiger partial charge in [0.1, 0.15) is 16.5 Å². The molecule has 1 atom stereocenters. The van der Waals surface area contributed by atoms with Crippen LogP contribution in [0, 0.1) is 12.7 Å². The van der Waals surface area contributed by atoms with Crippen LogP contribution in [-0.4, -0.2) is 28.0 Å². The summed E-state index contributed by atoms with van der Waals surface area (Å²) in [5.41, 5.74) is 4.75. The van der Waals surface area contributed by atoms with Gasteiger partial charge in [0, 0.05) is 17.4 Å². The van der Waals surface area contributed by atoms with Gasteiger partial charge in [-0.3, -0.25) is 9.59 Å². The third kappa shape index (κ3) is 5.17. The maximum Gasteiger partial charge on any atom is 0.423 e. The fourth-order valence-corrected chi connectivity index (χ4v) is 3.14. The van der Waals surface area contributed by atoms with Crippen LogP contribution in [0.3, 0.4) is 0 Å². The van der Waals surface area contributed by atoms with Gasteiger partial charge < -0.3 is 16.4 Å². The van der Waals surface area contributed by atoms with E-state index in [1.165, 1.54) is 13.1 Å². The summed E-state index contributed by atoms with van der Waals surface area (Å²) < 4.78 is 65.0. The van der Waals surface area contributed by atoms with Crippen LogP contribution < -0.4 is 16.4 Å². The maximum atomic E-state index is 14.4. The van der Waals surface area contributed by atoms with E-state index >= 15 is 0 Å². The lowest BCUT2D eigenvalue weighted by Crippen LogP contribution is -2.18. The number of nitrogens with zero attached hydrogens (tertiary/aromatic N) is 2. The molecule has 168 valence electrons. The first-order valence-corrected chi connectivity index (χ1v) is 9.58. The Balaban J connectivity index is 1.78. The van der Waals surface area contributed by atoms with Crippen LogP contribution in [0.2, 0.25) is 0 Å². The van der Waals surface area contributed by atoms with Crippen molar-refractivity contribution in [3.8, 4) is 0 Å². The number of benzene rings is 1. The molecule has 32 heavy (non-hydrogen) atoms. The molecule has 13 heteroatoms. The van der Waals surface area contributed by atoms with Crippen LogP contribution in [-0.2, 0) is 0 Å². The Kier molecular flexibility index (Phi) is 6.39. The van der Waals surface area contributed by atoms with Gasteiger partial charge in [-0.05, 0) is 30.7 Å². The number of nitrogens with one attached hydrogen (secondary N) is 2. The summed E-state index contributed by atoms with van der Waals surface area (Å²) in [6.45, 7) is 1.51. The minimum atomic E-state index is -5.09. The average molecular weight is 471 g/mol. The third-order valence-corrected chi connectivity index (χ3v) is 4.99. The molecule has 0 aliphatic rings. The molecule has 1 aromatic carbocycles. The standard InChI is InChI=1S/C19H14F5N5O2S/c1-8-4-11(20)10(5-12(8)28-17(31)13-7-27-18(25)32-13)16(30)29-14-3-2-9(6-26-14)15(21)19(22,23)24/h2-7,15H,1H3,(H2,25,27)(H,28,31)(H,26,29,30). The second-order valence-electron chi connectivity index (χ2n) is 6.50. The van der Waals surface area contributed by atoms with Crippen LogP contribution in [0.25, 0.3) is 0 Å². The molecule has 3 aromatic rings. The highest BCUT2D eigenvalue weighted by Crippen LogP contribution is 2.35. The summed E-state index contributed by atoms with van der Waals surface area (Å²) in [6, 6.07) is 3.88. The smallest absolute Gasteiger partial charge is 0.375 e. The molecule has 0 saturated heterocycles. The number of alkyl halides is 4. The highest BCUT2D eigenvalue weighted by Gasteiger charge is 2.41. The number of aromatic nitrogens is 2. The van der Waals surface area contributed by atoms with E-state index < -0.39 is 41.1 Å². The van der Waals surface area contributed by atoms with Crippen molar-refractivity contribution in [2.75, 3.05) is 16.4 Å². The van der Waals surface area contributed by atoms with E-state index in [9.17, 15) is 31.5 Å². The SMILES string of the molecule is Cc1cc(F)c(C(=O)Nc2ccc(C(F)C(F)(F)F)cn2)cc1NC(=O)c1cnc(N)s1. The number of hydrogen-bond acceptors (Lipinski definition) is 6. The number of amides is 2. The lowest BCUT2D eigenvalue weighted by molar-refractivity contribution is -0.182. The van der Waals surface area contributed by atoms with Crippen molar-refractivity contribution < 1.29 is 31.5 Å². The number of aryl methyl sites for hydroxylation is 1. The van der Waals surface area contributed by atoms with Crippen LogP contribution in [0.5, 0.6) is 0 Å². The molecule has 7 nitrogen and oxygen atoms in total. The van der Waals surface area contributed by atoms with Gasteiger partial charge in [0.05, 0.1) is 11.8 Å². The Morgan fingerprint density at radius 2 is 1.81 bits per heavy atom. The molecule has 2 aromatic heterocycles. The van der Waals surface area contributed by atoms with Gasteiger partial charge >= 0.3 is 6.18 Å². The molecule has 0 bridgehead atoms. The molecule has 0 fully saturated rings. The molecule has 0 saturated carbocycles. The van der Waals surface area contributed by atoms with Gasteiger partial charge in [-0.15, -0.1) is 0 Å². The van der Waals surface area contributed by atoms with Crippen LogP contribution in [0.15, 0.2) is 36.7 Å². The highest BCUT2D eigenvalue weighted by molar-refractivity contribution is 7.17. The molecular formula is C19H14F5N5O2S. The fourth-order valence-electron chi connectivity index (χ4n) is 2.56. The number of nitrogens with two attached hydrogens (primary N) is 1. The molecule has 0 aliphatic carbocycles. The zero-order valence-electron chi connectivity index (χ0n) is 16.1. The number of carbonyl (C=O) groups is 2. The van der Waals surface area contributed by atoms with E-state index in [0.717, 1.165) is 35.6 Å². The Labute approximate surface area is 181 Å². The number of halogens is 5. The number of hydrogen-bond donors (Lipinski definition) is 3. The molecule has 3 rings (SSSR count). The predicted molar refractivity (Wildman–Crippen MR) is 108 cm³/mol. The molecule has 1 unspecified atom stereocenters. The number of pyridine rings is 1. The fraction of sp³-hybridized carbons (Fsp3) is 0.158. The van der Waals surface area contributed by atoms with Crippen molar-refractivity contribution in [3.63, 3.8) is 0 Å². The number of anilines is 3. The second-order valence-corrected chi connectivity index (χ2v) is 7.56. The zero-order valence-corrected chi connectivity index (χ0v) is 16.9. The number of rotatable bonds is 5.